The Balaban J connectivity index is 0.000000271. The number of nitrogens with zero attached hydrogens (tertiary/aromatic N) is 3. The van der Waals surface area contributed by atoms with E-state index in [4.69, 9.17) is 4.74 Å². The number of urea groups is 1. The molecular formula is C27H32N4O4. The Labute approximate surface area is 205 Å². The molecule has 5 rings (SSSR count). The van der Waals surface area contributed by atoms with Crippen LogP contribution in [0.1, 0.15) is 36.4 Å². The van der Waals surface area contributed by atoms with Gasteiger partial charge >= 0.3 is 6.03 Å². The third kappa shape index (κ3) is 5.54. The second-order valence-corrected chi connectivity index (χ2v) is 8.93. The van der Waals surface area contributed by atoms with Gasteiger partial charge in [0.05, 0.1) is 17.8 Å². The number of nitrogens with one attached hydrogen (secondary N) is 1. The molecule has 0 radical (unpaired) electrons. The molecule has 0 unspecified atom stereocenters. The van der Waals surface area contributed by atoms with Crippen molar-refractivity contribution in [3.05, 3.63) is 65.9 Å². The van der Waals surface area contributed by atoms with E-state index >= 15 is 0 Å². The highest BCUT2D eigenvalue weighted by Crippen LogP contribution is 2.35. The van der Waals surface area contributed by atoms with E-state index in [9.17, 15) is 14.4 Å². The van der Waals surface area contributed by atoms with Crippen molar-refractivity contribution in [3.8, 4) is 0 Å². The third-order valence-corrected chi connectivity index (χ3v) is 6.60. The maximum Gasteiger partial charge on any atom is 0.328 e. The lowest BCUT2D eigenvalue weighted by atomic mass is 10.0. The van der Waals surface area contributed by atoms with Crippen LogP contribution in [0.2, 0.25) is 0 Å². The van der Waals surface area contributed by atoms with Gasteiger partial charge in [0.15, 0.2) is 0 Å². The Bertz CT molecular complexity index is 1180. The fourth-order valence-corrected chi connectivity index (χ4v) is 4.80. The predicted molar refractivity (Wildman–Crippen MR) is 135 cm³/mol. The minimum Gasteiger partial charge on any atom is -0.380 e. The quantitative estimate of drug-likeness (QED) is 0.564. The van der Waals surface area contributed by atoms with E-state index in [0.717, 1.165) is 54.5 Å². The number of anilines is 1. The van der Waals surface area contributed by atoms with Gasteiger partial charge in [-0.25, -0.2) is 4.79 Å². The van der Waals surface area contributed by atoms with E-state index < -0.39 is 0 Å². The van der Waals surface area contributed by atoms with Crippen LogP contribution in [0.3, 0.4) is 0 Å². The van der Waals surface area contributed by atoms with E-state index in [1.165, 1.54) is 5.56 Å². The van der Waals surface area contributed by atoms with Gasteiger partial charge in [-0.1, -0.05) is 36.4 Å². The van der Waals surface area contributed by atoms with Crippen LogP contribution in [-0.2, 0) is 20.9 Å². The van der Waals surface area contributed by atoms with Gasteiger partial charge < -0.3 is 14.2 Å². The highest BCUT2D eigenvalue weighted by atomic mass is 16.5. The molecule has 1 aromatic heterocycles. The molecule has 2 aromatic carbocycles. The minimum atomic E-state index is -0.358. The van der Waals surface area contributed by atoms with Gasteiger partial charge in [-0.05, 0) is 43.0 Å². The first-order chi connectivity index (χ1) is 17.0. The Kier molecular flexibility index (Phi) is 7.82. The number of hydrogen-bond acceptors (Lipinski definition) is 4. The van der Waals surface area contributed by atoms with E-state index in [2.05, 4.69) is 22.1 Å². The van der Waals surface area contributed by atoms with Gasteiger partial charge in [0.25, 0.3) is 0 Å². The largest absolute Gasteiger partial charge is 0.380 e. The van der Waals surface area contributed by atoms with Crippen LogP contribution in [-0.4, -0.2) is 54.6 Å². The SMILES string of the molecule is COCc1ccccc1.Cc1ccc2c(ccn2C2CCN(C=O)CC2)c1N1CCC(=O)NC1=O. The van der Waals surface area contributed by atoms with Crippen LogP contribution in [0.15, 0.2) is 54.7 Å². The molecule has 0 saturated carbocycles. The zero-order valence-electron chi connectivity index (χ0n) is 20.3. The van der Waals surface area contributed by atoms with Gasteiger partial charge in [-0.2, -0.15) is 0 Å². The van der Waals surface area contributed by atoms with Crippen LogP contribution in [0, 0.1) is 6.92 Å². The van der Waals surface area contributed by atoms with Crippen molar-refractivity contribution in [2.45, 2.75) is 38.8 Å². The van der Waals surface area contributed by atoms with Crippen molar-refractivity contribution in [1.29, 1.82) is 0 Å². The summed E-state index contributed by atoms with van der Waals surface area (Å²) < 4.78 is 7.19. The summed E-state index contributed by atoms with van der Waals surface area (Å²) in [5.41, 5.74) is 4.19. The average Bonchev–Trinajstić information content (AvgIpc) is 3.30. The lowest BCUT2D eigenvalue weighted by Crippen LogP contribution is -2.49. The van der Waals surface area contributed by atoms with E-state index in [-0.39, 0.29) is 11.9 Å². The van der Waals surface area contributed by atoms with Gasteiger partial charge in [0, 0.05) is 50.8 Å². The first-order valence-corrected chi connectivity index (χ1v) is 12.0. The molecule has 0 spiro atoms. The van der Waals surface area contributed by atoms with Crippen LogP contribution < -0.4 is 10.2 Å². The topological polar surface area (TPSA) is 83.9 Å². The summed E-state index contributed by atoms with van der Waals surface area (Å²) in [6.45, 7) is 4.62. The standard InChI is InChI=1S/C19H22N4O3.C8H10O/c1-13-2-3-16-15(18(13)23-11-7-17(25)20-19(23)26)6-10-22(16)14-4-8-21(12-24)9-5-14;1-9-7-8-5-3-2-4-6-8/h2-3,6,10,12,14H,4-5,7-9,11H2,1H3,(H,20,25,26);2-6H,7H2,1H3. The minimum absolute atomic E-state index is 0.226. The van der Waals surface area contributed by atoms with Gasteiger partial charge in [-0.15, -0.1) is 0 Å². The number of amides is 4. The molecule has 184 valence electrons. The van der Waals surface area contributed by atoms with Gasteiger partial charge in [-0.3, -0.25) is 19.8 Å². The summed E-state index contributed by atoms with van der Waals surface area (Å²) >= 11 is 0. The number of likely N-dealkylation sites (tertiary alicyclic amines) is 1. The number of rotatable bonds is 5. The van der Waals surface area contributed by atoms with Gasteiger partial charge in [0.1, 0.15) is 0 Å². The highest BCUT2D eigenvalue weighted by molar-refractivity contribution is 6.10. The van der Waals surface area contributed by atoms with E-state index in [1.807, 2.05) is 54.3 Å². The molecule has 1 N–H and O–H groups in total. The highest BCUT2D eigenvalue weighted by Gasteiger charge is 2.28. The summed E-state index contributed by atoms with van der Waals surface area (Å²) in [4.78, 5) is 38.2. The normalized spacial score (nSPS) is 16.6. The lowest BCUT2D eigenvalue weighted by Gasteiger charge is -2.31. The molecule has 35 heavy (non-hydrogen) atoms. The summed E-state index contributed by atoms with van der Waals surface area (Å²) in [5.74, 6) is -0.226. The predicted octanol–water partition coefficient (Wildman–Crippen LogP) is 4.02. The number of carbonyl (C=O) groups is 3. The van der Waals surface area contributed by atoms with Crippen molar-refractivity contribution in [2.75, 3.05) is 31.6 Å². The molecule has 8 nitrogen and oxygen atoms in total. The molecule has 2 aliphatic rings. The van der Waals surface area contributed by atoms with Crippen LogP contribution >= 0.6 is 0 Å². The van der Waals surface area contributed by atoms with Crippen molar-refractivity contribution >= 4 is 34.9 Å². The number of imide groups is 1. The maximum atomic E-state index is 12.3. The number of benzene rings is 2. The Hall–Kier alpha value is -3.65. The number of carbonyl (C=O) groups excluding carboxylic acids is 3. The Morgan fingerprint density at radius 3 is 2.43 bits per heavy atom. The fourth-order valence-electron chi connectivity index (χ4n) is 4.80. The van der Waals surface area contributed by atoms with Crippen molar-refractivity contribution in [3.63, 3.8) is 0 Å². The molecule has 8 heteroatoms. The summed E-state index contributed by atoms with van der Waals surface area (Å²) in [7, 11) is 1.70. The average molecular weight is 477 g/mol. The molecule has 2 aliphatic heterocycles. The van der Waals surface area contributed by atoms with Crippen LogP contribution in [0.5, 0.6) is 0 Å². The van der Waals surface area contributed by atoms with E-state index in [1.54, 1.807) is 12.0 Å². The third-order valence-electron chi connectivity index (χ3n) is 6.60. The molecule has 0 atom stereocenters. The van der Waals surface area contributed by atoms with Crippen LogP contribution in [0.25, 0.3) is 10.9 Å². The second-order valence-electron chi connectivity index (χ2n) is 8.93. The second kappa shape index (κ2) is 11.2. The molecule has 2 fully saturated rings. The molecule has 4 amide bonds. The van der Waals surface area contributed by atoms with Crippen LogP contribution in [0.4, 0.5) is 10.5 Å². The zero-order valence-corrected chi connectivity index (χ0v) is 20.3. The maximum absolute atomic E-state index is 12.3. The Morgan fingerprint density at radius 1 is 1.03 bits per heavy atom. The Morgan fingerprint density at radius 2 is 1.77 bits per heavy atom. The first kappa shape index (κ1) is 24.5. The molecule has 0 bridgehead atoms. The van der Waals surface area contributed by atoms with Crippen molar-refractivity contribution in [2.24, 2.45) is 0 Å². The van der Waals surface area contributed by atoms with Crippen molar-refractivity contribution < 1.29 is 19.1 Å². The fraction of sp³-hybridized carbons (Fsp3) is 0.370. The lowest BCUT2D eigenvalue weighted by molar-refractivity contribution is -0.120. The molecule has 3 aromatic rings. The molecule has 2 saturated heterocycles. The van der Waals surface area contributed by atoms with Crippen molar-refractivity contribution in [1.82, 2.24) is 14.8 Å². The van der Waals surface area contributed by atoms with E-state index in [0.29, 0.717) is 25.6 Å². The number of ether oxygens (including phenoxy) is 1. The summed E-state index contributed by atoms with van der Waals surface area (Å²) in [5, 5.41) is 3.42. The number of methoxy groups -OCH3 is 1. The summed E-state index contributed by atoms with van der Waals surface area (Å²) in [6, 6.07) is 16.3. The molecule has 3 heterocycles. The number of aryl methyl sites for hydroxylation is 1. The zero-order chi connectivity index (χ0) is 24.8. The summed E-state index contributed by atoms with van der Waals surface area (Å²) in [6.07, 6.45) is 5.14. The van der Waals surface area contributed by atoms with Gasteiger partial charge in [0.2, 0.25) is 12.3 Å². The molecule has 0 aliphatic carbocycles. The number of aromatic nitrogens is 1. The molecular weight excluding hydrogens is 444 g/mol. The monoisotopic (exact) mass is 476 g/mol. The smallest absolute Gasteiger partial charge is 0.328 e. The number of hydrogen-bond donors (Lipinski definition) is 1. The first-order valence-electron chi connectivity index (χ1n) is 12.0. The number of piperidine rings is 1. The number of fused-ring (bicyclic) bond motifs is 1.